The zero-order valence-electron chi connectivity index (χ0n) is 9.45. The van der Waals surface area contributed by atoms with Crippen molar-refractivity contribution in [1.29, 1.82) is 0 Å². The van der Waals surface area contributed by atoms with Crippen LogP contribution in [0.4, 0.5) is 10.1 Å². The van der Waals surface area contributed by atoms with Crippen molar-refractivity contribution < 1.29 is 14.3 Å². The van der Waals surface area contributed by atoms with Crippen molar-refractivity contribution in [1.82, 2.24) is 0 Å². The molecule has 1 amide bonds. The fourth-order valence-electron chi connectivity index (χ4n) is 1.45. The summed E-state index contributed by atoms with van der Waals surface area (Å²) in [4.78, 5) is 12.0. The van der Waals surface area contributed by atoms with Gasteiger partial charge in [0, 0.05) is 21.2 Å². The van der Waals surface area contributed by atoms with Gasteiger partial charge >= 0.3 is 0 Å². The lowest BCUT2D eigenvalue weighted by molar-refractivity contribution is 0.102. The number of amides is 1. The topological polar surface area (TPSA) is 49.3 Å². The number of anilines is 1. The molecule has 0 aliphatic rings. The predicted octanol–water partition coefficient (Wildman–Crippen LogP) is 4.20. The van der Waals surface area contributed by atoms with E-state index in [1.807, 2.05) is 0 Å². The van der Waals surface area contributed by atoms with E-state index in [-0.39, 0.29) is 5.69 Å². The molecule has 0 unspecified atom stereocenters. The number of carbonyl (C=O) groups is 1. The van der Waals surface area contributed by atoms with Gasteiger partial charge in [-0.2, -0.15) is 0 Å². The van der Waals surface area contributed by atoms with Gasteiger partial charge in [0.1, 0.15) is 0 Å². The van der Waals surface area contributed by atoms with Crippen LogP contribution in [0.15, 0.2) is 40.9 Å². The highest BCUT2D eigenvalue weighted by atomic mass is 79.9. The van der Waals surface area contributed by atoms with Crippen LogP contribution in [-0.2, 0) is 0 Å². The van der Waals surface area contributed by atoms with Gasteiger partial charge in [-0.3, -0.25) is 4.79 Å². The molecule has 0 saturated carbocycles. The van der Waals surface area contributed by atoms with Gasteiger partial charge in [0.25, 0.3) is 5.91 Å². The van der Waals surface area contributed by atoms with Crippen LogP contribution in [0.2, 0.25) is 5.02 Å². The minimum Gasteiger partial charge on any atom is -0.505 e. The van der Waals surface area contributed by atoms with Gasteiger partial charge in [0.15, 0.2) is 11.6 Å². The molecule has 2 rings (SSSR count). The summed E-state index contributed by atoms with van der Waals surface area (Å²) in [5, 5.41) is 12.0. The summed E-state index contributed by atoms with van der Waals surface area (Å²) < 4.78 is 13.7. The third-order valence-corrected chi connectivity index (χ3v) is 3.31. The van der Waals surface area contributed by atoms with Gasteiger partial charge in [-0.05, 0) is 46.3 Å². The first-order valence-electron chi connectivity index (χ1n) is 5.22. The van der Waals surface area contributed by atoms with Crippen LogP contribution in [0.5, 0.6) is 5.75 Å². The van der Waals surface area contributed by atoms with Gasteiger partial charge in [-0.15, -0.1) is 0 Å². The lowest BCUT2D eigenvalue weighted by Gasteiger charge is -2.08. The molecule has 0 fully saturated rings. The van der Waals surface area contributed by atoms with Gasteiger partial charge in [0.2, 0.25) is 0 Å². The SMILES string of the molecule is O=C(Nc1ccc(O)c(F)c1)c1cc(Cl)ccc1Br. The summed E-state index contributed by atoms with van der Waals surface area (Å²) >= 11 is 9.05. The normalized spacial score (nSPS) is 10.3. The number of hydrogen-bond acceptors (Lipinski definition) is 2. The second kappa shape index (κ2) is 5.59. The van der Waals surface area contributed by atoms with Crippen LogP contribution >= 0.6 is 27.5 Å². The average molecular weight is 345 g/mol. The number of aromatic hydroxyl groups is 1. The minimum atomic E-state index is -0.803. The molecule has 0 radical (unpaired) electrons. The number of phenols is 1. The Morgan fingerprint density at radius 2 is 2.00 bits per heavy atom. The highest BCUT2D eigenvalue weighted by Gasteiger charge is 2.12. The number of halogens is 3. The van der Waals surface area contributed by atoms with Crippen LogP contribution in [0.3, 0.4) is 0 Å². The molecule has 19 heavy (non-hydrogen) atoms. The first-order valence-corrected chi connectivity index (χ1v) is 6.39. The molecule has 2 N–H and O–H groups in total. The monoisotopic (exact) mass is 343 g/mol. The Kier molecular flexibility index (Phi) is 4.07. The van der Waals surface area contributed by atoms with Crippen molar-refractivity contribution in [3.8, 4) is 5.75 Å². The summed E-state index contributed by atoms with van der Waals surface area (Å²) in [7, 11) is 0. The number of benzene rings is 2. The first-order chi connectivity index (χ1) is 8.97. The van der Waals surface area contributed by atoms with Crippen molar-refractivity contribution in [2.75, 3.05) is 5.32 Å². The number of carbonyl (C=O) groups excluding carboxylic acids is 1. The van der Waals surface area contributed by atoms with Gasteiger partial charge < -0.3 is 10.4 Å². The fraction of sp³-hybridized carbons (Fsp3) is 0. The molecule has 0 aliphatic carbocycles. The number of hydrogen-bond donors (Lipinski definition) is 2. The number of rotatable bonds is 2. The minimum absolute atomic E-state index is 0.243. The molecule has 0 saturated heterocycles. The molecule has 0 aromatic heterocycles. The third kappa shape index (κ3) is 3.24. The van der Waals surface area contributed by atoms with Crippen LogP contribution < -0.4 is 5.32 Å². The van der Waals surface area contributed by atoms with E-state index >= 15 is 0 Å². The quantitative estimate of drug-likeness (QED) is 0.802. The maximum atomic E-state index is 13.1. The second-order valence-electron chi connectivity index (χ2n) is 3.74. The zero-order valence-corrected chi connectivity index (χ0v) is 11.8. The fourth-order valence-corrected chi connectivity index (χ4v) is 2.05. The molecule has 98 valence electrons. The standard InChI is InChI=1S/C13H8BrClFNO2/c14-10-3-1-7(15)5-9(10)13(19)17-8-2-4-12(18)11(16)6-8/h1-6,18H,(H,17,19). The zero-order chi connectivity index (χ0) is 14.0. The van der Waals surface area contributed by atoms with E-state index in [4.69, 9.17) is 16.7 Å². The van der Waals surface area contributed by atoms with Crippen LogP contribution in [0, 0.1) is 5.82 Å². The van der Waals surface area contributed by atoms with Crippen molar-refractivity contribution in [3.05, 3.63) is 57.3 Å². The van der Waals surface area contributed by atoms with E-state index in [1.54, 1.807) is 12.1 Å². The number of phenolic OH excluding ortho intramolecular Hbond substituents is 1. The van der Waals surface area contributed by atoms with Gasteiger partial charge in [-0.1, -0.05) is 11.6 Å². The lowest BCUT2D eigenvalue weighted by atomic mass is 10.2. The highest BCUT2D eigenvalue weighted by molar-refractivity contribution is 9.10. The Morgan fingerprint density at radius 3 is 2.68 bits per heavy atom. The Bertz CT molecular complexity index is 649. The molecule has 0 spiro atoms. The van der Waals surface area contributed by atoms with E-state index in [2.05, 4.69) is 21.2 Å². The largest absolute Gasteiger partial charge is 0.505 e. The molecular formula is C13H8BrClFNO2. The van der Waals surface area contributed by atoms with E-state index in [0.29, 0.717) is 15.1 Å². The van der Waals surface area contributed by atoms with E-state index in [9.17, 15) is 9.18 Å². The second-order valence-corrected chi connectivity index (χ2v) is 5.04. The maximum Gasteiger partial charge on any atom is 0.256 e. The molecule has 0 aliphatic heterocycles. The Balaban J connectivity index is 2.25. The number of nitrogens with one attached hydrogen (secondary N) is 1. The average Bonchev–Trinajstić information content (AvgIpc) is 2.36. The summed E-state index contributed by atoms with van der Waals surface area (Å²) in [5.41, 5.74) is 0.577. The van der Waals surface area contributed by atoms with Crippen LogP contribution in [0.1, 0.15) is 10.4 Å². The summed E-state index contributed by atoms with van der Waals surface area (Å²) in [6.45, 7) is 0. The Morgan fingerprint density at radius 1 is 1.26 bits per heavy atom. The Labute approximate surface area is 122 Å². The van der Waals surface area contributed by atoms with Gasteiger partial charge in [-0.25, -0.2) is 4.39 Å². The molecular weight excluding hydrogens is 337 g/mol. The maximum absolute atomic E-state index is 13.1. The third-order valence-electron chi connectivity index (χ3n) is 2.38. The predicted molar refractivity (Wildman–Crippen MR) is 75.2 cm³/mol. The van der Waals surface area contributed by atoms with E-state index < -0.39 is 17.5 Å². The van der Waals surface area contributed by atoms with Gasteiger partial charge in [0.05, 0.1) is 5.56 Å². The molecule has 0 atom stereocenters. The molecule has 3 nitrogen and oxygen atoms in total. The van der Waals surface area contributed by atoms with Crippen LogP contribution in [-0.4, -0.2) is 11.0 Å². The van der Waals surface area contributed by atoms with Crippen molar-refractivity contribution in [2.45, 2.75) is 0 Å². The molecule has 0 bridgehead atoms. The summed E-state index contributed by atoms with van der Waals surface area (Å²) in [6, 6.07) is 8.38. The van der Waals surface area contributed by atoms with E-state index in [1.165, 1.54) is 12.1 Å². The molecule has 0 heterocycles. The summed E-state index contributed by atoms with van der Waals surface area (Å²) in [6.07, 6.45) is 0. The summed E-state index contributed by atoms with van der Waals surface area (Å²) in [5.74, 6) is -1.70. The first kappa shape index (κ1) is 13.8. The molecule has 2 aromatic rings. The Hall–Kier alpha value is -1.59. The van der Waals surface area contributed by atoms with Crippen molar-refractivity contribution >= 4 is 39.1 Å². The molecule has 6 heteroatoms. The van der Waals surface area contributed by atoms with Crippen molar-refractivity contribution in [3.63, 3.8) is 0 Å². The van der Waals surface area contributed by atoms with E-state index in [0.717, 1.165) is 12.1 Å². The lowest BCUT2D eigenvalue weighted by Crippen LogP contribution is -2.12. The molecule has 2 aromatic carbocycles. The smallest absolute Gasteiger partial charge is 0.256 e. The highest BCUT2D eigenvalue weighted by Crippen LogP contribution is 2.24. The van der Waals surface area contributed by atoms with Crippen molar-refractivity contribution in [2.24, 2.45) is 0 Å². The van der Waals surface area contributed by atoms with Crippen LogP contribution in [0.25, 0.3) is 0 Å².